The Bertz CT molecular complexity index is 461. The van der Waals surface area contributed by atoms with E-state index >= 15 is 0 Å². The van der Waals surface area contributed by atoms with Crippen molar-refractivity contribution in [3.8, 4) is 0 Å². The second-order valence-electron chi connectivity index (χ2n) is 6.38. The summed E-state index contributed by atoms with van der Waals surface area (Å²) in [6.45, 7) is 1.43. The summed E-state index contributed by atoms with van der Waals surface area (Å²) in [4.78, 5) is 12.2. The third-order valence-electron chi connectivity index (χ3n) is 4.78. The summed E-state index contributed by atoms with van der Waals surface area (Å²) in [5.41, 5.74) is 0. The number of ether oxygens (including phenoxy) is 6. The Balaban J connectivity index is 1.31. The summed E-state index contributed by atoms with van der Waals surface area (Å²) in [6.07, 6.45) is 7.91. The first kappa shape index (κ1) is 15.8. The molecule has 0 aliphatic carbocycles. The molecule has 0 aromatic carbocycles. The maximum atomic E-state index is 12.2. The molecule has 7 nitrogen and oxygen atoms in total. The van der Waals surface area contributed by atoms with E-state index in [1.54, 1.807) is 24.7 Å². The highest BCUT2D eigenvalue weighted by Gasteiger charge is 2.41. The summed E-state index contributed by atoms with van der Waals surface area (Å²) in [5.74, 6) is 0. The van der Waals surface area contributed by atoms with Crippen molar-refractivity contribution in [1.29, 1.82) is 0 Å². The van der Waals surface area contributed by atoms with Crippen molar-refractivity contribution in [3.63, 3.8) is 0 Å². The normalized spacial score (nSPS) is 40.5. The van der Waals surface area contributed by atoms with Gasteiger partial charge in [0.25, 0.3) is 0 Å². The molecule has 24 heavy (non-hydrogen) atoms. The minimum Gasteiger partial charge on any atom is -0.491 e. The van der Waals surface area contributed by atoms with Crippen LogP contribution in [0.5, 0.6) is 0 Å². The first-order valence-corrected chi connectivity index (χ1v) is 8.56. The molecule has 4 heterocycles. The van der Waals surface area contributed by atoms with Gasteiger partial charge in [-0.25, -0.2) is 4.79 Å². The van der Waals surface area contributed by atoms with Crippen LogP contribution < -0.4 is 0 Å². The van der Waals surface area contributed by atoms with Crippen LogP contribution in [0.4, 0.5) is 4.79 Å². The van der Waals surface area contributed by atoms with E-state index in [1.165, 1.54) is 0 Å². The highest BCUT2D eigenvalue weighted by atomic mass is 16.7. The van der Waals surface area contributed by atoms with E-state index in [9.17, 15) is 4.79 Å². The molecule has 6 atom stereocenters. The topological polar surface area (TPSA) is 72.5 Å². The zero-order valence-electron chi connectivity index (χ0n) is 13.4. The summed E-state index contributed by atoms with van der Waals surface area (Å²) >= 11 is 0. The standard InChI is InChI=1S/C17H22O7/c18-17(23-13-5-9-21-15(13)11-3-1-7-19-11)24-14-6-10-22-16(14)12-4-2-8-20-12/h5-6,9-16H,1-4,7-8H2. The van der Waals surface area contributed by atoms with Crippen LogP contribution in [-0.2, 0) is 28.4 Å². The molecule has 6 unspecified atom stereocenters. The van der Waals surface area contributed by atoms with Crippen molar-refractivity contribution in [2.75, 3.05) is 13.2 Å². The number of carbonyl (C=O) groups excluding carboxylic acids is 1. The lowest BCUT2D eigenvalue weighted by molar-refractivity contribution is -0.0824. The van der Waals surface area contributed by atoms with Gasteiger partial charge in [-0.3, -0.25) is 0 Å². The molecule has 4 aliphatic rings. The van der Waals surface area contributed by atoms with Gasteiger partial charge in [-0.1, -0.05) is 0 Å². The molecule has 0 spiro atoms. The van der Waals surface area contributed by atoms with Crippen LogP contribution in [0.1, 0.15) is 25.7 Å². The average molecular weight is 338 g/mol. The summed E-state index contributed by atoms with van der Waals surface area (Å²) in [7, 11) is 0. The minimum absolute atomic E-state index is 0.0489. The first-order valence-electron chi connectivity index (χ1n) is 8.56. The predicted octanol–water partition coefficient (Wildman–Crippen LogP) is 2.06. The van der Waals surface area contributed by atoms with E-state index in [0.717, 1.165) is 38.9 Å². The molecular weight excluding hydrogens is 316 g/mol. The SMILES string of the molecule is O=C(OC1C=COC1C1CCCO1)OC1C=COC1C1CCCO1. The lowest BCUT2D eigenvalue weighted by atomic mass is 10.1. The Hall–Kier alpha value is -1.73. The highest BCUT2D eigenvalue weighted by Crippen LogP contribution is 2.28. The summed E-state index contributed by atoms with van der Waals surface area (Å²) < 4.78 is 33.1. The average Bonchev–Trinajstić information content (AvgIpc) is 3.35. The van der Waals surface area contributed by atoms with Crippen LogP contribution in [0.25, 0.3) is 0 Å². The second-order valence-corrected chi connectivity index (χ2v) is 6.38. The van der Waals surface area contributed by atoms with Crippen molar-refractivity contribution < 1.29 is 33.2 Å². The van der Waals surface area contributed by atoms with E-state index in [-0.39, 0.29) is 24.4 Å². The van der Waals surface area contributed by atoms with E-state index in [1.807, 2.05) is 0 Å². The third-order valence-corrected chi connectivity index (χ3v) is 4.78. The van der Waals surface area contributed by atoms with E-state index in [0.29, 0.717) is 0 Å². The number of hydrogen-bond acceptors (Lipinski definition) is 7. The monoisotopic (exact) mass is 338 g/mol. The molecule has 0 amide bonds. The third kappa shape index (κ3) is 3.23. The fourth-order valence-corrected chi connectivity index (χ4v) is 3.59. The van der Waals surface area contributed by atoms with Crippen molar-refractivity contribution >= 4 is 6.16 Å². The fourth-order valence-electron chi connectivity index (χ4n) is 3.59. The van der Waals surface area contributed by atoms with E-state index in [2.05, 4.69) is 0 Å². The quantitative estimate of drug-likeness (QED) is 0.727. The van der Waals surface area contributed by atoms with Gasteiger partial charge >= 0.3 is 6.16 Å². The summed E-state index contributed by atoms with van der Waals surface area (Å²) in [5, 5.41) is 0. The van der Waals surface area contributed by atoms with Crippen LogP contribution >= 0.6 is 0 Å². The number of rotatable bonds is 4. The van der Waals surface area contributed by atoms with Gasteiger partial charge in [-0.15, -0.1) is 0 Å². The largest absolute Gasteiger partial charge is 0.509 e. The molecule has 0 N–H and O–H groups in total. The number of carbonyl (C=O) groups is 1. The highest BCUT2D eigenvalue weighted by molar-refractivity contribution is 5.61. The molecule has 2 fully saturated rings. The minimum atomic E-state index is -0.735. The van der Waals surface area contributed by atoms with Gasteiger partial charge in [0.2, 0.25) is 0 Å². The van der Waals surface area contributed by atoms with Gasteiger partial charge in [-0.05, 0) is 37.8 Å². The molecule has 7 heteroatoms. The molecule has 4 aliphatic heterocycles. The molecule has 0 aromatic heterocycles. The Morgan fingerprint density at radius 2 is 1.33 bits per heavy atom. The van der Waals surface area contributed by atoms with Gasteiger partial charge in [0.15, 0.2) is 24.4 Å². The van der Waals surface area contributed by atoms with Crippen molar-refractivity contribution in [3.05, 3.63) is 24.7 Å². The van der Waals surface area contributed by atoms with Gasteiger partial charge in [0, 0.05) is 13.2 Å². The molecule has 2 saturated heterocycles. The molecule has 132 valence electrons. The molecule has 0 aromatic rings. The van der Waals surface area contributed by atoms with E-state index in [4.69, 9.17) is 28.4 Å². The van der Waals surface area contributed by atoms with Crippen LogP contribution in [0.15, 0.2) is 24.7 Å². The Morgan fingerprint density at radius 3 is 1.75 bits per heavy atom. The maximum absolute atomic E-state index is 12.2. The van der Waals surface area contributed by atoms with Crippen molar-refractivity contribution in [1.82, 2.24) is 0 Å². The van der Waals surface area contributed by atoms with Gasteiger partial charge < -0.3 is 28.4 Å². The zero-order chi connectivity index (χ0) is 16.4. The van der Waals surface area contributed by atoms with Gasteiger partial charge in [0.05, 0.1) is 24.7 Å². The van der Waals surface area contributed by atoms with E-state index < -0.39 is 18.4 Å². The predicted molar refractivity (Wildman–Crippen MR) is 81.1 cm³/mol. The zero-order valence-corrected chi connectivity index (χ0v) is 13.4. The van der Waals surface area contributed by atoms with Crippen molar-refractivity contribution in [2.24, 2.45) is 0 Å². The maximum Gasteiger partial charge on any atom is 0.509 e. The molecular formula is C17H22O7. The Morgan fingerprint density at radius 1 is 0.833 bits per heavy atom. The molecule has 4 rings (SSSR count). The van der Waals surface area contributed by atoms with Crippen LogP contribution in [0.3, 0.4) is 0 Å². The first-order chi connectivity index (χ1) is 11.8. The van der Waals surface area contributed by atoms with Gasteiger partial charge in [-0.2, -0.15) is 0 Å². The van der Waals surface area contributed by atoms with Crippen LogP contribution in [0.2, 0.25) is 0 Å². The van der Waals surface area contributed by atoms with Gasteiger partial charge in [0.1, 0.15) is 0 Å². The van der Waals surface area contributed by atoms with Crippen molar-refractivity contribution in [2.45, 2.75) is 62.3 Å². The van der Waals surface area contributed by atoms with Crippen LogP contribution in [-0.4, -0.2) is 56.0 Å². The van der Waals surface area contributed by atoms with Crippen LogP contribution in [0, 0.1) is 0 Å². The fraction of sp³-hybridized carbons (Fsp3) is 0.706. The number of hydrogen-bond donors (Lipinski definition) is 0. The smallest absolute Gasteiger partial charge is 0.491 e. The Kier molecular flexibility index (Phi) is 4.62. The Labute approximate surface area is 140 Å². The molecule has 0 bridgehead atoms. The molecule has 0 saturated carbocycles. The lowest BCUT2D eigenvalue weighted by Gasteiger charge is -2.26. The molecule has 0 radical (unpaired) electrons. The lowest BCUT2D eigenvalue weighted by Crippen LogP contribution is -2.40. The summed E-state index contributed by atoms with van der Waals surface area (Å²) in [6, 6.07) is 0. The second kappa shape index (κ2) is 7.03.